The molecule has 0 atom stereocenters. The van der Waals surface area contributed by atoms with Gasteiger partial charge in [0.1, 0.15) is 6.61 Å². The topological polar surface area (TPSA) is 63.6 Å². The Morgan fingerprint density at radius 3 is 1.68 bits per heavy atom. The zero-order chi connectivity index (χ0) is 18.0. The molecule has 0 unspecified atom stereocenters. The van der Waals surface area contributed by atoms with Gasteiger partial charge in [0.2, 0.25) is 0 Å². The Bertz CT molecular complexity index is 470. The van der Waals surface area contributed by atoms with E-state index >= 15 is 0 Å². The van der Waals surface area contributed by atoms with Crippen LogP contribution in [0.1, 0.15) is 6.42 Å². The van der Waals surface area contributed by atoms with Crippen molar-refractivity contribution in [2.75, 3.05) is 19.0 Å². The van der Waals surface area contributed by atoms with Crippen LogP contribution in [0.5, 0.6) is 0 Å². The first-order valence-electron chi connectivity index (χ1n) is 5.19. The first-order valence-corrected chi connectivity index (χ1v) is 6.80. The van der Waals surface area contributed by atoms with Crippen LogP contribution in [-0.4, -0.2) is 55.9 Å². The number of hydrogen-bond acceptors (Lipinski definition) is 3. The van der Waals surface area contributed by atoms with Crippen molar-refractivity contribution in [2.45, 2.75) is 30.4 Å². The summed E-state index contributed by atoms with van der Waals surface area (Å²) in [5.41, 5.74) is 0. The summed E-state index contributed by atoms with van der Waals surface area (Å²) in [5.74, 6) is -20.7. The molecule has 0 aromatic heterocycles. The van der Waals surface area contributed by atoms with Gasteiger partial charge in [0.25, 0.3) is 10.1 Å². The van der Waals surface area contributed by atoms with Crippen LogP contribution < -0.4 is 0 Å². The van der Waals surface area contributed by atoms with Crippen molar-refractivity contribution in [3.05, 3.63) is 0 Å². The second-order valence-electron chi connectivity index (χ2n) is 4.04. The van der Waals surface area contributed by atoms with Gasteiger partial charge in [0, 0.05) is 6.61 Å². The normalized spacial score (nSPS) is 15.2. The highest BCUT2D eigenvalue weighted by atomic mass is 32.2. The second-order valence-corrected chi connectivity index (χ2v) is 5.62. The maximum absolute atomic E-state index is 12.9. The number of ether oxygens (including phenoxy) is 1. The van der Waals surface area contributed by atoms with Crippen molar-refractivity contribution in [2.24, 2.45) is 0 Å². The smallest absolute Gasteiger partial charge is 0.375 e. The molecule has 134 valence electrons. The molecule has 0 rings (SSSR count). The summed E-state index contributed by atoms with van der Waals surface area (Å²) in [6.45, 7) is -3.50. The van der Waals surface area contributed by atoms with Gasteiger partial charge < -0.3 is 4.74 Å². The van der Waals surface area contributed by atoms with E-state index in [1.807, 2.05) is 0 Å². The molecular weight excluding hydrogens is 363 g/mol. The van der Waals surface area contributed by atoms with Gasteiger partial charge in [0.15, 0.2) is 0 Å². The Morgan fingerprint density at radius 2 is 1.32 bits per heavy atom. The summed E-state index contributed by atoms with van der Waals surface area (Å²) in [4.78, 5) is 0. The van der Waals surface area contributed by atoms with Crippen LogP contribution in [0.4, 0.5) is 39.5 Å². The SMILES string of the molecule is O=S(=O)(O)CCCOCC(F)(F)C(F)(F)C(F)(F)C(F)(F)F. The molecule has 22 heavy (non-hydrogen) atoms. The summed E-state index contributed by atoms with van der Waals surface area (Å²) >= 11 is 0. The molecule has 4 nitrogen and oxygen atoms in total. The van der Waals surface area contributed by atoms with Crippen LogP contribution in [0.15, 0.2) is 0 Å². The Kier molecular flexibility index (Phi) is 6.17. The van der Waals surface area contributed by atoms with Crippen LogP contribution in [0, 0.1) is 0 Å². The highest BCUT2D eigenvalue weighted by Crippen LogP contribution is 2.53. The Morgan fingerprint density at radius 1 is 0.864 bits per heavy atom. The van der Waals surface area contributed by atoms with Crippen molar-refractivity contribution in [3.8, 4) is 0 Å². The molecule has 0 aliphatic heterocycles. The molecule has 0 saturated heterocycles. The first kappa shape index (κ1) is 21.2. The van der Waals surface area contributed by atoms with Gasteiger partial charge in [-0.2, -0.15) is 47.9 Å². The standard InChI is InChI=1S/C8H9F9O4S/c9-5(10,4-21-2-1-3-22(18,19)20)6(11,12)7(13,14)8(15,16)17/h1-4H2,(H,18,19,20). The number of hydrogen-bond donors (Lipinski definition) is 1. The maximum Gasteiger partial charge on any atom is 0.460 e. The lowest BCUT2D eigenvalue weighted by atomic mass is 10.0. The Hall–Kier alpha value is -0.760. The first-order chi connectivity index (χ1) is 9.46. The van der Waals surface area contributed by atoms with Crippen molar-refractivity contribution >= 4 is 10.1 Å². The van der Waals surface area contributed by atoms with Gasteiger partial charge in [-0.1, -0.05) is 0 Å². The van der Waals surface area contributed by atoms with E-state index < -0.39 is 59.4 Å². The van der Waals surface area contributed by atoms with Gasteiger partial charge in [-0.25, -0.2) is 0 Å². The molecule has 0 fully saturated rings. The fourth-order valence-electron chi connectivity index (χ4n) is 1.04. The van der Waals surface area contributed by atoms with Crippen molar-refractivity contribution < 1.29 is 57.2 Å². The van der Waals surface area contributed by atoms with Crippen LogP contribution >= 0.6 is 0 Å². The summed E-state index contributed by atoms with van der Waals surface area (Å²) in [6.07, 6.45) is -7.58. The second kappa shape index (κ2) is 6.39. The third kappa shape index (κ3) is 4.87. The van der Waals surface area contributed by atoms with Gasteiger partial charge in [0.05, 0.1) is 5.75 Å². The van der Waals surface area contributed by atoms with Crippen molar-refractivity contribution in [1.29, 1.82) is 0 Å². The van der Waals surface area contributed by atoms with Crippen molar-refractivity contribution in [1.82, 2.24) is 0 Å². The van der Waals surface area contributed by atoms with Gasteiger partial charge in [-0.3, -0.25) is 4.55 Å². The minimum atomic E-state index is -7.00. The predicted octanol–water partition coefficient (Wildman–Crippen LogP) is 2.75. The van der Waals surface area contributed by atoms with Crippen LogP contribution in [-0.2, 0) is 14.9 Å². The quantitative estimate of drug-likeness (QED) is 0.404. The maximum atomic E-state index is 12.9. The fourth-order valence-corrected chi connectivity index (χ4v) is 1.52. The Labute approximate surface area is 118 Å². The molecule has 0 aromatic rings. The van der Waals surface area contributed by atoms with E-state index in [1.54, 1.807) is 0 Å². The predicted molar refractivity (Wildman–Crippen MR) is 52.7 cm³/mol. The van der Waals surface area contributed by atoms with Gasteiger partial charge in [-0.15, -0.1) is 0 Å². The molecule has 0 aliphatic carbocycles. The third-order valence-electron chi connectivity index (χ3n) is 2.18. The average Bonchev–Trinajstić information content (AvgIpc) is 2.24. The molecule has 0 radical (unpaired) electrons. The average molecular weight is 372 g/mol. The lowest BCUT2D eigenvalue weighted by molar-refractivity contribution is -0.399. The molecule has 1 N–H and O–H groups in total. The van der Waals surface area contributed by atoms with Gasteiger partial charge in [-0.05, 0) is 6.42 Å². The number of alkyl halides is 9. The van der Waals surface area contributed by atoms with E-state index in [0.29, 0.717) is 0 Å². The van der Waals surface area contributed by atoms with Crippen LogP contribution in [0.2, 0.25) is 0 Å². The molecule has 0 amide bonds. The lowest BCUT2D eigenvalue weighted by Crippen LogP contribution is -2.62. The number of rotatable bonds is 8. The van der Waals surface area contributed by atoms with Crippen LogP contribution in [0.3, 0.4) is 0 Å². The molecule has 0 heterocycles. The zero-order valence-corrected chi connectivity index (χ0v) is 11.1. The van der Waals surface area contributed by atoms with E-state index in [4.69, 9.17) is 4.55 Å². The Balaban J connectivity index is 4.79. The highest BCUT2D eigenvalue weighted by Gasteiger charge is 2.81. The molecule has 0 aliphatic rings. The molecule has 0 bridgehead atoms. The van der Waals surface area contributed by atoms with Crippen molar-refractivity contribution in [3.63, 3.8) is 0 Å². The largest absolute Gasteiger partial charge is 0.460 e. The van der Waals surface area contributed by atoms with E-state index in [2.05, 4.69) is 4.74 Å². The number of halogens is 9. The molecule has 0 spiro atoms. The van der Waals surface area contributed by atoms with E-state index in [9.17, 15) is 47.9 Å². The fraction of sp³-hybridized carbons (Fsp3) is 1.00. The molecular formula is C8H9F9O4S. The molecule has 0 saturated carbocycles. The van der Waals surface area contributed by atoms with E-state index in [1.165, 1.54) is 0 Å². The minimum Gasteiger partial charge on any atom is -0.375 e. The summed E-state index contributed by atoms with van der Waals surface area (Å²) in [6, 6.07) is 0. The third-order valence-corrected chi connectivity index (χ3v) is 2.99. The van der Waals surface area contributed by atoms with Gasteiger partial charge >= 0.3 is 23.9 Å². The zero-order valence-electron chi connectivity index (χ0n) is 10.3. The highest BCUT2D eigenvalue weighted by molar-refractivity contribution is 7.85. The summed E-state index contributed by atoms with van der Waals surface area (Å²) in [5, 5.41) is 0. The van der Waals surface area contributed by atoms with E-state index in [-0.39, 0.29) is 0 Å². The summed E-state index contributed by atoms with van der Waals surface area (Å²) in [7, 11) is -4.50. The molecule has 0 aromatic carbocycles. The minimum absolute atomic E-state index is 0.670. The lowest BCUT2D eigenvalue weighted by Gasteiger charge is -2.33. The van der Waals surface area contributed by atoms with Crippen LogP contribution in [0.25, 0.3) is 0 Å². The monoisotopic (exact) mass is 372 g/mol. The summed E-state index contributed by atoms with van der Waals surface area (Å²) < 4.78 is 144. The van der Waals surface area contributed by atoms with E-state index in [0.717, 1.165) is 0 Å². The molecule has 14 heteroatoms.